The van der Waals surface area contributed by atoms with Gasteiger partial charge in [0.05, 0.1) is 5.54 Å². The SMILES string of the molecule is O=C(COc1ccc(Cl)cc1)NC12CC(N3CCN(c4cccc(Cl)c4)C3=O)(C1)C2. The molecule has 0 aromatic heterocycles. The highest BCUT2D eigenvalue weighted by molar-refractivity contribution is 6.31. The van der Waals surface area contributed by atoms with Crippen LogP contribution in [0.15, 0.2) is 48.5 Å². The van der Waals surface area contributed by atoms with Crippen LogP contribution in [0.5, 0.6) is 5.75 Å². The van der Waals surface area contributed by atoms with Gasteiger partial charge in [-0.15, -0.1) is 0 Å². The van der Waals surface area contributed by atoms with Gasteiger partial charge in [0, 0.05) is 34.4 Å². The lowest BCUT2D eigenvalue weighted by Crippen LogP contribution is -2.84. The predicted molar refractivity (Wildman–Crippen MR) is 115 cm³/mol. The number of nitrogens with one attached hydrogen (secondary N) is 1. The Morgan fingerprint density at radius 2 is 1.77 bits per heavy atom. The predicted octanol–water partition coefficient (Wildman–Crippen LogP) is 4.11. The number of hydrogen-bond acceptors (Lipinski definition) is 3. The van der Waals surface area contributed by atoms with Crippen molar-refractivity contribution in [1.29, 1.82) is 0 Å². The molecule has 2 bridgehead atoms. The van der Waals surface area contributed by atoms with Crippen molar-refractivity contribution in [3.63, 3.8) is 0 Å². The summed E-state index contributed by atoms with van der Waals surface area (Å²) in [4.78, 5) is 29.0. The fourth-order valence-corrected chi connectivity index (χ4v) is 5.34. The quantitative estimate of drug-likeness (QED) is 0.727. The molecule has 0 radical (unpaired) electrons. The summed E-state index contributed by atoms with van der Waals surface area (Å²) in [5.74, 6) is 0.457. The second kappa shape index (κ2) is 7.06. The Morgan fingerprint density at radius 3 is 2.47 bits per heavy atom. The lowest BCUT2D eigenvalue weighted by atomic mass is 9.43. The number of benzene rings is 2. The van der Waals surface area contributed by atoms with E-state index in [1.54, 1.807) is 35.2 Å². The first-order valence-electron chi connectivity index (χ1n) is 9.92. The van der Waals surface area contributed by atoms with Crippen LogP contribution in [-0.4, -0.2) is 47.6 Å². The van der Waals surface area contributed by atoms with Gasteiger partial charge in [0.15, 0.2) is 6.61 Å². The molecule has 1 heterocycles. The normalized spacial score (nSPS) is 26.8. The monoisotopic (exact) mass is 445 g/mol. The molecule has 3 saturated carbocycles. The molecular weight excluding hydrogens is 425 g/mol. The molecule has 1 saturated heterocycles. The summed E-state index contributed by atoms with van der Waals surface area (Å²) in [5.41, 5.74) is 0.489. The zero-order valence-corrected chi connectivity index (χ0v) is 17.7. The standard InChI is InChI=1S/C22H21Cl2N3O3/c23-15-4-6-18(7-5-15)30-11-19(28)25-21-12-22(13-21,14-21)27-9-8-26(20(27)29)17-3-1-2-16(24)10-17/h1-7,10H,8-9,11-14H2,(H,25,28). The molecule has 156 valence electrons. The Kier molecular flexibility index (Phi) is 4.60. The van der Waals surface area contributed by atoms with Crippen LogP contribution in [0.2, 0.25) is 10.0 Å². The van der Waals surface area contributed by atoms with E-state index in [0.29, 0.717) is 28.9 Å². The molecule has 2 aromatic rings. The van der Waals surface area contributed by atoms with E-state index in [1.165, 1.54) is 0 Å². The van der Waals surface area contributed by atoms with Gasteiger partial charge in [0.1, 0.15) is 5.75 Å². The molecule has 8 heteroatoms. The van der Waals surface area contributed by atoms with E-state index in [2.05, 4.69) is 5.32 Å². The summed E-state index contributed by atoms with van der Waals surface area (Å²) in [6.07, 6.45) is 2.38. The van der Waals surface area contributed by atoms with Gasteiger partial charge in [-0.05, 0) is 61.7 Å². The van der Waals surface area contributed by atoms with Crippen molar-refractivity contribution in [2.75, 3.05) is 24.6 Å². The molecular formula is C22H21Cl2N3O3. The van der Waals surface area contributed by atoms with Crippen molar-refractivity contribution < 1.29 is 14.3 Å². The zero-order valence-electron chi connectivity index (χ0n) is 16.2. The minimum absolute atomic E-state index is 0.0166. The summed E-state index contributed by atoms with van der Waals surface area (Å²) in [6, 6.07) is 14.3. The molecule has 1 aliphatic heterocycles. The number of hydrogen-bond donors (Lipinski definition) is 1. The summed E-state index contributed by atoms with van der Waals surface area (Å²) >= 11 is 11.9. The molecule has 4 aliphatic rings. The first-order valence-corrected chi connectivity index (χ1v) is 10.7. The second-order valence-corrected chi connectivity index (χ2v) is 9.26. The molecule has 30 heavy (non-hydrogen) atoms. The Bertz CT molecular complexity index is 991. The average Bonchev–Trinajstić information content (AvgIpc) is 3.04. The lowest BCUT2D eigenvalue weighted by molar-refractivity contribution is -0.165. The van der Waals surface area contributed by atoms with Crippen LogP contribution >= 0.6 is 23.2 Å². The number of carbonyl (C=O) groups is 2. The maximum atomic E-state index is 13.0. The van der Waals surface area contributed by atoms with Crippen LogP contribution in [0.4, 0.5) is 10.5 Å². The fourth-order valence-electron chi connectivity index (χ4n) is 5.03. The van der Waals surface area contributed by atoms with Crippen LogP contribution in [0.3, 0.4) is 0 Å². The number of rotatable bonds is 6. The van der Waals surface area contributed by atoms with Gasteiger partial charge >= 0.3 is 6.03 Å². The zero-order chi connectivity index (χ0) is 20.9. The highest BCUT2D eigenvalue weighted by atomic mass is 35.5. The minimum Gasteiger partial charge on any atom is -0.484 e. The van der Waals surface area contributed by atoms with E-state index in [1.807, 2.05) is 23.1 Å². The maximum Gasteiger partial charge on any atom is 0.325 e. The maximum absolute atomic E-state index is 13.0. The van der Waals surface area contributed by atoms with E-state index >= 15 is 0 Å². The molecule has 0 unspecified atom stereocenters. The van der Waals surface area contributed by atoms with Gasteiger partial charge in [0.25, 0.3) is 5.91 Å². The van der Waals surface area contributed by atoms with E-state index in [9.17, 15) is 9.59 Å². The summed E-state index contributed by atoms with van der Waals surface area (Å²) in [5, 5.41) is 4.33. The molecule has 0 atom stereocenters. The van der Waals surface area contributed by atoms with Gasteiger partial charge in [-0.25, -0.2) is 4.79 Å². The van der Waals surface area contributed by atoms with Crippen molar-refractivity contribution in [3.8, 4) is 5.75 Å². The Labute approximate surface area is 184 Å². The van der Waals surface area contributed by atoms with Crippen LogP contribution in [0.1, 0.15) is 19.3 Å². The second-order valence-electron chi connectivity index (χ2n) is 8.39. The largest absolute Gasteiger partial charge is 0.484 e. The summed E-state index contributed by atoms with van der Waals surface area (Å²) in [6.45, 7) is 1.30. The number of carbonyl (C=O) groups excluding carboxylic acids is 2. The van der Waals surface area contributed by atoms with Crippen molar-refractivity contribution in [2.24, 2.45) is 0 Å². The number of urea groups is 1. The van der Waals surface area contributed by atoms with Crippen LogP contribution < -0.4 is 15.0 Å². The number of anilines is 1. The molecule has 3 amide bonds. The molecule has 6 nitrogen and oxygen atoms in total. The molecule has 1 N–H and O–H groups in total. The van der Waals surface area contributed by atoms with E-state index in [0.717, 1.165) is 24.9 Å². The highest BCUT2D eigenvalue weighted by Gasteiger charge is 2.72. The lowest BCUT2D eigenvalue weighted by Gasteiger charge is -2.72. The fraction of sp³-hybridized carbons (Fsp3) is 0.364. The third kappa shape index (κ3) is 3.28. The molecule has 0 spiro atoms. The first kappa shape index (κ1) is 19.5. The van der Waals surface area contributed by atoms with E-state index in [4.69, 9.17) is 27.9 Å². The van der Waals surface area contributed by atoms with Gasteiger partial charge in [-0.3, -0.25) is 9.69 Å². The van der Waals surface area contributed by atoms with Crippen molar-refractivity contribution in [3.05, 3.63) is 58.6 Å². The average molecular weight is 446 g/mol. The van der Waals surface area contributed by atoms with Crippen LogP contribution in [-0.2, 0) is 4.79 Å². The minimum atomic E-state index is -0.204. The Morgan fingerprint density at radius 1 is 1.03 bits per heavy atom. The summed E-state index contributed by atoms with van der Waals surface area (Å²) < 4.78 is 5.52. The number of ether oxygens (including phenoxy) is 1. The number of nitrogens with zero attached hydrogens (tertiary/aromatic N) is 2. The smallest absolute Gasteiger partial charge is 0.325 e. The van der Waals surface area contributed by atoms with Crippen molar-refractivity contribution in [2.45, 2.75) is 30.3 Å². The van der Waals surface area contributed by atoms with E-state index < -0.39 is 0 Å². The van der Waals surface area contributed by atoms with Gasteiger partial charge < -0.3 is 15.0 Å². The molecule has 6 rings (SSSR count). The summed E-state index contributed by atoms with van der Waals surface area (Å²) in [7, 11) is 0. The Hall–Kier alpha value is -2.44. The van der Waals surface area contributed by atoms with Gasteiger partial charge in [0.2, 0.25) is 0 Å². The van der Waals surface area contributed by atoms with Crippen molar-refractivity contribution >= 4 is 40.8 Å². The van der Waals surface area contributed by atoms with Gasteiger partial charge in [-0.1, -0.05) is 29.3 Å². The molecule has 4 fully saturated rings. The van der Waals surface area contributed by atoms with Crippen molar-refractivity contribution in [1.82, 2.24) is 10.2 Å². The third-order valence-electron chi connectivity index (χ3n) is 6.29. The number of halogens is 2. The van der Waals surface area contributed by atoms with E-state index in [-0.39, 0.29) is 29.6 Å². The van der Waals surface area contributed by atoms with Crippen LogP contribution in [0.25, 0.3) is 0 Å². The van der Waals surface area contributed by atoms with Crippen LogP contribution in [0, 0.1) is 0 Å². The molecule has 3 aliphatic carbocycles. The highest BCUT2D eigenvalue weighted by Crippen LogP contribution is 2.64. The van der Waals surface area contributed by atoms with Gasteiger partial charge in [-0.2, -0.15) is 0 Å². The Balaban J connectivity index is 1.14. The third-order valence-corrected chi connectivity index (χ3v) is 6.78. The topological polar surface area (TPSA) is 61.9 Å². The molecule has 2 aromatic carbocycles. The number of amides is 3. The first-order chi connectivity index (χ1) is 14.4.